The third kappa shape index (κ3) is 11.3. The van der Waals surface area contributed by atoms with Crippen LogP contribution in [0.25, 0.3) is 0 Å². The molecular formula is C11H23NO3. The van der Waals surface area contributed by atoms with Gasteiger partial charge in [-0.3, -0.25) is 4.79 Å². The highest BCUT2D eigenvalue weighted by Gasteiger charge is 1.99. The smallest absolute Gasteiger partial charge is 0.246 e. The zero-order valence-corrected chi connectivity index (χ0v) is 10.0. The van der Waals surface area contributed by atoms with E-state index in [1.165, 1.54) is 0 Å². The molecular weight excluding hydrogens is 194 g/mol. The van der Waals surface area contributed by atoms with Gasteiger partial charge < -0.3 is 14.8 Å². The lowest BCUT2D eigenvalue weighted by Crippen LogP contribution is -2.30. The first-order valence-corrected chi connectivity index (χ1v) is 5.59. The topological polar surface area (TPSA) is 47.6 Å². The van der Waals surface area contributed by atoms with Crippen molar-refractivity contribution in [3.63, 3.8) is 0 Å². The molecule has 0 spiro atoms. The molecule has 0 aromatic heterocycles. The van der Waals surface area contributed by atoms with Crippen molar-refractivity contribution in [1.29, 1.82) is 0 Å². The maximum absolute atomic E-state index is 11.1. The summed E-state index contributed by atoms with van der Waals surface area (Å²) in [5.41, 5.74) is 0. The van der Waals surface area contributed by atoms with Crippen LogP contribution in [0.4, 0.5) is 0 Å². The molecule has 0 fully saturated rings. The molecule has 4 heteroatoms. The van der Waals surface area contributed by atoms with Crippen LogP contribution in [0.3, 0.4) is 0 Å². The SMILES string of the molecule is CCOCC(=O)NCCOCCC(C)C. The second kappa shape index (κ2) is 9.93. The first-order valence-electron chi connectivity index (χ1n) is 5.59. The van der Waals surface area contributed by atoms with Crippen LogP contribution >= 0.6 is 0 Å². The van der Waals surface area contributed by atoms with E-state index in [-0.39, 0.29) is 12.5 Å². The molecule has 0 aliphatic carbocycles. The molecule has 0 aliphatic heterocycles. The van der Waals surface area contributed by atoms with Gasteiger partial charge in [0.15, 0.2) is 0 Å². The Morgan fingerprint density at radius 1 is 1.27 bits per heavy atom. The van der Waals surface area contributed by atoms with Crippen LogP contribution in [0.1, 0.15) is 27.2 Å². The molecule has 0 heterocycles. The van der Waals surface area contributed by atoms with Gasteiger partial charge in [0.1, 0.15) is 6.61 Å². The van der Waals surface area contributed by atoms with Crippen molar-refractivity contribution >= 4 is 5.91 Å². The van der Waals surface area contributed by atoms with Gasteiger partial charge in [-0.1, -0.05) is 13.8 Å². The number of carbonyl (C=O) groups excluding carboxylic acids is 1. The minimum atomic E-state index is -0.0793. The van der Waals surface area contributed by atoms with Crippen molar-refractivity contribution in [2.24, 2.45) is 5.92 Å². The Kier molecular flexibility index (Phi) is 9.52. The molecule has 4 nitrogen and oxygen atoms in total. The summed E-state index contributed by atoms with van der Waals surface area (Å²) < 4.78 is 10.3. The highest BCUT2D eigenvalue weighted by molar-refractivity contribution is 5.77. The van der Waals surface area contributed by atoms with E-state index < -0.39 is 0 Å². The molecule has 1 N–H and O–H groups in total. The maximum Gasteiger partial charge on any atom is 0.246 e. The van der Waals surface area contributed by atoms with Crippen LogP contribution in [0, 0.1) is 5.92 Å². The average molecular weight is 217 g/mol. The lowest BCUT2D eigenvalue weighted by atomic mass is 10.1. The van der Waals surface area contributed by atoms with Gasteiger partial charge in [0.2, 0.25) is 5.91 Å². The van der Waals surface area contributed by atoms with Crippen molar-refractivity contribution in [3.8, 4) is 0 Å². The minimum absolute atomic E-state index is 0.0793. The predicted molar refractivity (Wildman–Crippen MR) is 59.8 cm³/mol. The Morgan fingerprint density at radius 2 is 2.00 bits per heavy atom. The van der Waals surface area contributed by atoms with Crippen LogP contribution in [0.2, 0.25) is 0 Å². The molecule has 0 aromatic carbocycles. The van der Waals surface area contributed by atoms with E-state index in [1.54, 1.807) is 0 Å². The minimum Gasteiger partial charge on any atom is -0.380 e. The van der Waals surface area contributed by atoms with Gasteiger partial charge in [0.05, 0.1) is 6.61 Å². The van der Waals surface area contributed by atoms with Gasteiger partial charge in [-0.25, -0.2) is 0 Å². The molecule has 0 saturated heterocycles. The molecule has 1 amide bonds. The summed E-state index contributed by atoms with van der Waals surface area (Å²) in [5.74, 6) is 0.585. The van der Waals surface area contributed by atoms with E-state index in [0.29, 0.717) is 25.7 Å². The number of hydrogen-bond acceptors (Lipinski definition) is 3. The third-order valence-corrected chi connectivity index (χ3v) is 1.85. The van der Waals surface area contributed by atoms with Gasteiger partial charge in [0, 0.05) is 19.8 Å². The summed E-state index contributed by atoms with van der Waals surface area (Å²) >= 11 is 0. The number of ether oxygens (including phenoxy) is 2. The first-order chi connectivity index (χ1) is 7.16. The van der Waals surface area contributed by atoms with Crippen LogP contribution in [0.5, 0.6) is 0 Å². The molecule has 0 radical (unpaired) electrons. The molecule has 0 saturated carbocycles. The summed E-state index contributed by atoms with van der Waals surface area (Å²) in [5, 5.41) is 2.72. The third-order valence-electron chi connectivity index (χ3n) is 1.85. The highest BCUT2D eigenvalue weighted by atomic mass is 16.5. The molecule has 0 aliphatic rings. The molecule has 0 atom stereocenters. The monoisotopic (exact) mass is 217 g/mol. The van der Waals surface area contributed by atoms with Gasteiger partial charge in [-0.15, -0.1) is 0 Å². The van der Waals surface area contributed by atoms with Gasteiger partial charge >= 0.3 is 0 Å². The Morgan fingerprint density at radius 3 is 2.60 bits per heavy atom. The number of rotatable bonds is 9. The van der Waals surface area contributed by atoms with E-state index in [2.05, 4.69) is 19.2 Å². The summed E-state index contributed by atoms with van der Waals surface area (Å²) in [7, 11) is 0. The number of hydrogen-bond donors (Lipinski definition) is 1. The molecule has 0 rings (SSSR count). The quantitative estimate of drug-likeness (QED) is 0.590. The number of amides is 1. The Balaban J connectivity index is 3.13. The van der Waals surface area contributed by atoms with Crippen LogP contribution in [-0.2, 0) is 14.3 Å². The second-order valence-electron chi connectivity index (χ2n) is 3.78. The van der Waals surface area contributed by atoms with Crippen LogP contribution in [-0.4, -0.2) is 38.9 Å². The molecule has 0 unspecified atom stereocenters. The lowest BCUT2D eigenvalue weighted by Gasteiger charge is -2.07. The van der Waals surface area contributed by atoms with Crippen molar-refractivity contribution in [2.75, 3.05) is 33.0 Å². The van der Waals surface area contributed by atoms with E-state index in [4.69, 9.17) is 9.47 Å². The van der Waals surface area contributed by atoms with Crippen molar-refractivity contribution in [1.82, 2.24) is 5.32 Å². The summed E-state index contributed by atoms with van der Waals surface area (Å²) in [6.45, 7) is 8.79. The van der Waals surface area contributed by atoms with Crippen molar-refractivity contribution < 1.29 is 14.3 Å². The molecule has 0 aromatic rings. The maximum atomic E-state index is 11.1. The Bertz CT molecular complexity index is 160. The largest absolute Gasteiger partial charge is 0.380 e. The predicted octanol–water partition coefficient (Wildman–Crippen LogP) is 1.20. The van der Waals surface area contributed by atoms with Crippen LogP contribution < -0.4 is 5.32 Å². The number of nitrogens with one attached hydrogen (secondary N) is 1. The lowest BCUT2D eigenvalue weighted by molar-refractivity contribution is -0.125. The van der Waals surface area contributed by atoms with E-state index in [0.717, 1.165) is 13.0 Å². The Hall–Kier alpha value is -0.610. The fraction of sp³-hybridized carbons (Fsp3) is 0.909. The zero-order chi connectivity index (χ0) is 11.5. The summed E-state index contributed by atoms with van der Waals surface area (Å²) in [6, 6.07) is 0. The summed E-state index contributed by atoms with van der Waals surface area (Å²) in [4.78, 5) is 11.1. The Labute approximate surface area is 92.3 Å². The average Bonchev–Trinajstić information content (AvgIpc) is 2.19. The first kappa shape index (κ1) is 14.4. The van der Waals surface area contributed by atoms with Gasteiger partial charge in [-0.2, -0.15) is 0 Å². The van der Waals surface area contributed by atoms with E-state index in [1.807, 2.05) is 6.92 Å². The van der Waals surface area contributed by atoms with Gasteiger partial charge in [0.25, 0.3) is 0 Å². The van der Waals surface area contributed by atoms with E-state index >= 15 is 0 Å². The van der Waals surface area contributed by atoms with Gasteiger partial charge in [-0.05, 0) is 19.3 Å². The molecule has 0 bridgehead atoms. The highest BCUT2D eigenvalue weighted by Crippen LogP contribution is 1.98. The van der Waals surface area contributed by atoms with Crippen LogP contribution in [0.15, 0.2) is 0 Å². The fourth-order valence-corrected chi connectivity index (χ4v) is 0.930. The molecule has 90 valence electrons. The normalized spacial score (nSPS) is 10.7. The number of carbonyl (C=O) groups is 1. The molecule has 15 heavy (non-hydrogen) atoms. The fourth-order valence-electron chi connectivity index (χ4n) is 0.930. The summed E-state index contributed by atoms with van der Waals surface area (Å²) in [6.07, 6.45) is 1.06. The van der Waals surface area contributed by atoms with Crippen molar-refractivity contribution in [3.05, 3.63) is 0 Å². The zero-order valence-electron chi connectivity index (χ0n) is 10.0. The van der Waals surface area contributed by atoms with Crippen molar-refractivity contribution in [2.45, 2.75) is 27.2 Å². The van der Waals surface area contributed by atoms with E-state index in [9.17, 15) is 4.79 Å². The second-order valence-corrected chi connectivity index (χ2v) is 3.78. The standard InChI is InChI=1S/C11H23NO3/c1-4-14-9-11(13)12-6-8-15-7-5-10(2)3/h10H,4-9H2,1-3H3,(H,12,13).